The summed E-state index contributed by atoms with van der Waals surface area (Å²) in [6, 6.07) is 9.22. The Morgan fingerprint density at radius 2 is 1.82 bits per heavy atom. The van der Waals surface area contributed by atoms with Crippen LogP contribution in [0.4, 0.5) is 0 Å². The molecule has 1 rings (SSSR count). The van der Waals surface area contributed by atoms with E-state index in [-0.39, 0.29) is 17.1 Å². The van der Waals surface area contributed by atoms with Crippen molar-refractivity contribution in [1.29, 1.82) is 0 Å². The smallest absolute Gasteiger partial charge is 0.220 e. The summed E-state index contributed by atoms with van der Waals surface area (Å²) in [5, 5.41) is -0.219. The van der Waals surface area contributed by atoms with Crippen molar-refractivity contribution in [3.05, 3.63) is 35.9 Å². The Kier molecular flexibility index (Phi) is 5.65. The number of benzene rings is 1. The molecule has 92 valence electrons. The van der Waals surface area contributed by atoms with Crippen molar-refractivity contribution in [3.8, 4) is 0 Å². The Hall–Kier alpha value is -0.870. The largest absolute Gasteiger partial charge is 0.476 e. The summed E-state index contributed by atoms with van der Waals surface area (Å²) in [5.41, 5.74) is 0.708. The van der Waals surface area contributed by atoms with Gasteiger partial charge in [0, 0.05) is 5.56 Å². The minimum Gasteiger partial charge on any atom is -0.476 e. The molecule has 0 saturated heterocycles. The minimum atomic E-state index is -0.219. The number of ether oxygens (including phenoxy) is 1. The fourth-order valence-corrected chi connectivity index (χ4v) is 2.66. The van der Waals surface area contributed by atoms with E-state index in [2.05, 4.69) is 0 Å². The van der Waals surface area contributed by atoms with Gasteiger partial charge in [-0.25, -0.2) is 0 Å². The van der Waals surface area contributed by atoms with Gasteiger partial charge in [-0.05, 0) is 33.0 Å². The molecule has 0 N–H and O–H groups in total. The SMILES string of the molecule is CC(C)OC(=S)SC(C)C(=O)c1ccccc1. The molecule has 0 radical (unpaired) electrons. The van der Waals surface area contributed by atoms with Crippen molar-refractivity contribution >= 4 is 34.1 Å². The summed E-state index contributed by atoms with van der Waals surface area (Å²) in [4.78, 5) is 12.0. The van der Waals surface area contributed by atoms with Crippen LogP contribution in [0.2, 0.25) is 0 Å². The van der Waals surface area contributed by atoms with Crippen LogP contribution in [-0.4, -0.2) is 21.5 Å². The molecule has 2 nitrogen and oxygen atoms in total. The number of ketones is 1. The maximum atomic E-state index is 12.0. The van der Waals surface area contributed by atoms with Crippen LogP contribution >= 0.6 is 24.0 Å². The number of hydrogen-bond acceptors (Lipinski definition) is 4. The second-order valence-corrected chi connectivity index (χ2v) is 5.85. The average Bonchev–Trinajstić information content (AvgIpc) is 2.28. The van der Waals surface area contributed by atoms with Gasteiger partial charge < -0.3 is 4.74 Å². The normalized spacial score (nSPS) is 12.2. The van der Waals surface area contributed by atoms with Gasteiger partial charge in [0.1, 0.15) is 0 Å². The number of Topliss-reactive ketones (excluding diaryl/α,β-unsaturated/α-hetero) is 1. The van der Waals surface area contributed by atoms with Crippen molar-refractivity contribution < 1.29 is 9.53 Å². The van der Waals surface area contributed by atoms with E-state index >= 15 is 0 Å². The Bertz CT molecular complexity index is 388. The highest BCUT2D eigenvalue weighted by atomic mass is 32.2. The molecule has 0 aromatic heterocycles. The highest BCUT2D eigenvalue weighted by Crippen LogP contribution is 2.19. The van der Waals surface area contributed by atoms with E-state index in [4.69, 9.17) is 17.0 Å². The van der Waals surface area contributed by atoms with Crippen molar-refractivity contribution in [2.45, 2.75) is 32.1 Å². The van der Waals surface area contributed by atoms with Gasteiger partial charge >= 0.3 is 0 Å². The lowest BCUT2D eigenvalue weighted by atomic mass is 10.1. The fraction of sp³-hybridized carbons (Fsp3) is 0.385. The zero-order valence-electron chi connectivity index (χ0n) is 10.2. The standard InChI is InChI=1S/C13H16O2S2/c1-9(2)15-13(16)17-10(3)12(14)11-7-5-4-6-8-11/h4-10H,1-3H3. The molecular formula is C13H16O2S2. The van der Waals surface area contributed by atoms with Crippen LogP contribution in [0.3, 0.4) is 0 Å². The van der Waals surface area contributed by atoms with Crippen molar-refractivity contribution in [1.82, 2.24) is 0 Å². The van der Waals surface area contributed by atoms with E-state index in [9.17, 15) is 4.79 Å². The van der Waals surface area contributed by atoms with Crippen molar-refractivity contribution in [2.75, 3.05) is 0 Å². The van der Waals surface area contributed by atoms with Crippen LogP contribution in [0.15, 0.2) is 30.3 Å². The van der Waals surface area contributed by atoms with Gasteiger partial charge in [0.05, 0.1) is 11.4 Å². The quantitative estimate of drug-likeness (QED) is 0.614. The van der Waals surface area contributed by atoms with Gasteiger partial charge in [0.25, 0.3) is 0 Å². The van der Waals surface area contributed by atoms with Gasteiger partial charge in [-0.3, -0.25) is 4.79 Å². The van der Waals surface area contributed by atoms with Crippen LogP contribution in [0.25, 0.3) is 0 Å². The Balaban J connectivity index is 2.56. The summed E-state index contributed by atoms with van der Waals surface area (Å²) >= 11 is 6.35. The Labute approximate surface area is 112 Å². The van der Waals surface area contributed by atoms with E-state index in [1.54, 1.807) is 0 Å². The topological polar surface area (TPSA) is 26.3 Å². The number of hydrogen-bond donors (Lipinski definition) is 0. The molecule has 0 heterocycles. The first-order valence-corrected chi connectivity index (χ1v) is 6.76. The molecular weight excluding hydrogens is 252 g/mol. The minimum absolute atomic E-state index is 0.0500. The predicted molar refractivity (Wildman–Crippen MR) is 76.6 cm³/mol. The second-order valence-electron chi connectivity index (χ2n) is 3.91. The van der Waals surface area contributed by atoms with Crippen LogP contribution in [0, 0.1) is 0 Å². The molecule has 17 heavy (non-hydrogen) atoms. The average molecular weight is 268 g/mol. The summed E-state index contributed by atoms with van der Waals surface area (Å²) in [5.74, 6) is 0.0744. The van der Waals surface area contributed by atoms with E-state index in [1.807, 2.05) is 51.1 Å². The number of carbonyl (C=O) groups excluding carboxylic acids is 1. The van der Waals surface area contributed by atoms with Crippen LogP contribution in [-0.2, 0) is 4.74 Å². The van der Waals surface area contributed by atoms with E-state index < -0.39 is 0 Å². The third-order valence-electron chi connectivity index (χ3n) is 2.03. The molecule has 1 atom stereocenters. The van der Waals surface area contributed by atoms with Crippen LogP contribution in [0.5, 0.6) is 0 Å². The fourth-order valence-electron chi connectivity index (χ4n) is 1.26. The predicted octanol–water partition coefficient (Wildman–Crippen LogP) is 3.70. The molecule has 0 aliphatic rings. The molecule has 1 aromatic rings. The molecule has 0 aliphatic heterocycles. The van der Waals surface area contributed by atoms with Gasteiger partial charge in [-0.2, -0.15) is 0 Å². The van der Waals surface area contributed by atoms with Gasteiger partial charge in [0.2, 0.25) is 4.38 Å². The maximum Gasteiger partial charge on any atom is 0.220 e. The van der Waals surface area contributed by atoms with E-state index in [0.29, 0.717) is 9.95 Å². The third kappa shape index (κ3) is 4.88. The molecule has 0 aliphatic carbocycles. The summed E-state index contributed by atoms with van der Waals surface area (Å²) in [6.07, 6.45) is 0.0500. The number of thiocarbonyl (C=S) groups is 1. The molecule has 0 amide bonds. The first kappa shape index (κ1) is 14.2. The molecule has 0 bridgehead atoms. The first-order chi connectivity index (χ1) is 8.00. The van der Waals surface area contributed by atoms with E-state index in [1.165, 1.54) is 11.8 Å². The van der Waals surface area contributed by atoms with Gasteiger partial charge in [-0.1, -0.05) is 42.1 Å². The Morgan fingerprint density at radius 3 is 2.35 bits per heavy atom. The van der Waals surface area contributed by atoms with Crippen LogP contribution in [0.1, 0.15) is 31.1 Å². The zero-order valence-corrected chi connectivity index (χ0v) is 11.8. The molecule has 0 spiro atoms. The number of thioether (sulfide) groups is 1. The molecule has 1 aromatic carbocycles. The maximum absolute atomic E-state index is 12.0. The van der Waals surface area contributed by atoms with Crippen molar-refractivity contribution in [2.24, 2.45) is 0 Å². The Morgan fingerprint density at radius 1 is 1.24 bits per heavy atom. The molecule has 1 unspecified atom stereocenters. The van der Waals surface area contributed by atoms with Crippen LogP contribution < -0.4 is 0 Å². The monoisotopic (exact) mass is 268 g/mol. The number of rotatable bonds is 4. The van der Waals surface area contributed by atoms with Gasteiger partial charge in [-0.15, -0.1) is 0 Å². The third-order valence-corrected chi connectivity index (χ3v) is 3.27. The summed E-state index contributed by atoms with van der Waals surface area (Å²) in [7, 11) is 0. The number of carbonyl (C=O) groups is 1. The lowest BCUT2D eigenvalue weighted by Gasteiger charge is -2.13. The second kappa shape index (κ2) is 6.77. The molecule has 0 fully saturated rings. The van der Waals surface area contributed by atoms with Gasteiger partial charge in [0.15, 0.2) is 5.78 Å². The highest BCUT2D eigenvalue weighted by Gasteiger charge is 2.18. The lowest BCUT2D eigenvalue weighted by molar-refractivity contribution is 0.0994. The summed E-state index contributed by atoms with van der Waals surface area (Å²) in [6.45, 7) is 5.67. The zero-order chi connectivity index (χ0) is 12.8. The highest BCUT2D eigenvalue weighted by molar-refractivity contribution is 8.23. The van der Waals surface area contributed by atoms with Crippen molar-refractivity contribution in [3.63, 3.8) is 0 Å². The lowest BCUT2D eigenvalue weighted by Crippen LogP contribution is -2.17. The van der Waals surface area contributed by atoms with E-state index in [0.717, 1.165) is 0 Å². The molecule has 0 saturated carbocycles. The molecule has 4 heteroatoms. The first-order valence-electron chi connectivity index (χ1n) is 5.47. The summed E-state index contributed by atoms with van der Waals surface area (Å²) < 4.78 is 5.78.